The smallest absolute Gasteiger partial charge is 0.228 e. The molecule has 2 rings (SSSR count). The van der Waals surface area contributed by atoms with Crippen molar-refractivity contribution in [3.8, 4) is 0 Å². The van der Waals surface area contributed by atoms with Crippen molar-refractivity contribution < 1.29 is 14.4 Å². The van der Waals surface area contributed by atoms with Crippen molar-refractivity contribution in [1.29, 1.82) is 0 Å². The molecule has 1 aliphatic rings. The van der Waals surface area contributed by atoms with Crippen LogP contribution in [0, 0.1) is 5.92 Å². The van der Waals surface area contributed by atoms with E-state index >= 15 is 0 Å². The van der Waals surface area contributed by atoms with Crippen LogP contribution in [0.4, 0.5) is 0 Å². The summed E-state index contributed by atoms with van der Waals surface area (Å²) in [5.74, 6) is -1.02. The van der Waals surface area contributed by atoms with Gasteiger partial charge in [0.05, 0.1) is 5.92 Å². The Morgan fingerprint density at radius 1 is 1.29 bits per heavy atom. The minimum Gasteiger partial charge on any atom is -0.370 e. The second kappa shape index (κ2) is 6.88. The lowest BCUT2D eigenvalue weighted by Crippen LogP contribution is -2.38. The molecule has 1 atom stereocenters. The summed E-state index contributed by atoms with van der Waals surface area (Å²) < 4.78 is 0. The number of hydrogen-bond acceptors (Lipinski definition) is 3. The van der Waals surface area contributed by atoms with E-state index in [-0.39, 0.29) is 37.1 Å². The molecule has 1 unspecified atom stereocenters. The van der Waals surface area contributed by atoms with Gasteiger partial charge in [-0.2, -0.15) is 0 Å². The van der Waals surface area contributed by atoms with Crippen molar-refractivity contribution in [3.63, 3.8) is 0 Å². The third-order valence-electron chi connectivity index (χ3n) is 3.48. The maximum atomic E-state index is 12.5. The highest BCUT2D eigenvalue weighted by molar-refractivity contribution is 5.89. The van der Waals surface area contributed by atoms with Gasteiger partial charge in [0.15, 0.2) is 0 Å². The molecule has 21 heavy (non-hydrogen) atoms. The zero-order valence-corrected chi connectivity index (χ0v) is 11.7. The van der Waals surface area contributed by atoms with Gasteiger partial charge in [-0.05, 0) is 5.56 Å². The van der Waals surface area contributed by atoms with Crippen LogP contribution < -0.4 is 11.1 Å². The fourth-order valence-corrected chi connectivity index (χ4v) is 2.35. The maximum absolute atomic E-state index is 12.5. The Hall–Kier alpha value is -2.37. The van der Waals surface area contributed by atoms with E-state index in [0.29, 0.717) is 13.1 Å². The Bertz CT molecular complexity index is 530. The molecule has 6 heteroatoms. The van der Waals surface area contributed by atoms with Crippen molar-refractivity contribution in [1.82, 2.24) is 10.2 Å². The molecule has 1 fully saturated rings. The number of nitrogens with zero attached hydrogens (tertiary/aromatic N) is 1. The summed E-state index contributed by atoms with van der Waals surface area (Å²) in [5.41, 5.74) is 6.15. The number of rotatable bonds is 6. The third-order valence-corrected chi connectivity index (χ3v) is 3.48. The van der Waals surface area contributed by atoms with Gasteiger partial charge in [-0.3, -0.25) is 14.4 Å². The summed E-state index contributed by atoms with van der Waals surface area (Å²) in [7, 11) is 0. The summed E-state index contributed by atoms with van der Waals surface area (Å²) in [6.45, 7) is 1.05. The Labute approximate surface area is 123 Å². The minimum absolute atomic E-state index is 0.108. The SMILES string of the molecule is NC(=O)CCN(Cc1ccccc1)C(=O)C1CNC(=O)C1. The van der Waals surface area contributed by atoms with E-state index < -0.39 is 5.91 Å². The van der Waals surface area contributed by atoms with Crippen LogP contribution in [0.15, 0.2) is 30.3 Å². The van der Waals surface area contributed by atoms with Crippen LogP contribution in [0.25, 0.3) is 0 Å². The number of amides is 3. The molecular weight excluding hydrogens is 270 g/mol. The van der Waals surface area contributed by atoms with Crippen molar-refractivity contribution >= 4 is 17.7 Å². The summed E-state index contributed by atoms with van der Waals surface area (Å²) in [6, 6.07) is 9.53. The molecule has 0 radical (unpaired) electrons. The van der Waals surface area contributed by atoms with Gasteiger partial charge in [-0.15, -0.1) is 0 Å². The second-order valence-electron chi connectivity index (χ2n) is 5.17. The quantitative estimate of drug-likeness (QED) is 0.773. The van der Waals surface area contributed by atoms with Gasteiger partial charge in [0.2, 0.25) is 17.7 Å². The predicted octanol–water partition coefficient (Wildman–Crippen LogP) is 0.0267. The molecule has 1 aromatic carbocycles. The van der Waals surface area contributed by atoms with Gasteiger partial charge in [-0.25, -0.2) is 0 Å². The molecule has 0 saturated carbocycles. The molecule has 1 saturated heterocycles. The fraction of sp³-hybridized carbons (Fsp3) is 0.400. The van der Waals surface area contributed by atoms with Crippen LogP contribution in [0.1, 0.15) is 18.4 Å². The first kappa shape index (κ1) is 15.0. The molecular formula is C15H19N3O3. The third kappa shape index (κ3) is 4.30. The van der Waals surface area contributed by atoms with Crippen LogP contribution in [-0.2, 0) is 20.9 Å². The van der Waals surface area contributed by atoms with Crippen LogP contribution in [-0.4, -0.2) is 35.7 Å². The minimum atomic E-state index is -0.443. The number of primary amides is 1. The van der Waals surface area contributed by atoms with E-state index in [1.165, 1.54) is 0 Å². The van der Waals surface area contributed by atoms with Gasteiger partial charge in [0, 0.05) is 32.5 Å². The molecule has 6 nitrogen and oxygen atoms in total. The van der Waals surface area contributed by atoms with Crippen LogP contribution >= 0.6 is 0 Å². The fourth-order valence-electron chi connectivity index (χ4n) is 2.35. The van der Waals surface area contributed by atoms with Crippen molar-refractivity contribution in [2.75, 3.05) is 13.1 Å². The molecule has 0 spiro atoms. The average Bonchev–Trinajstić information content (AvgIpc) is 2.90. The van der Waals surface area contributed by atoms with Crippen molar-refractivity contribution in [3.05, 3.63) is 35.9 Å². The number of benzene rings is 1. The lowest BCUT2D eigenvalue weighted by molar-refractivity contribution is -0.136. The number of carbonyl (C=O) groups is 3. The number of carbonyl (C=O) groups excluding carboxylic acids is 3. The number of nitrogens with one attached hydrogen (secondary N) is 1. The first-order valence-corrected chi connectivity index (χ1v) is 6.94. The molecule has 112 valence electrons. The van der Waals surface area contributed by atoms with Crippen LogP contribution in [0.3, 0.4) is 0 Å². The Morgan fingerprint density at radius 2 is 2.00 bits per heavy atom. The molecule has 1 aliphatic heterocycles. The van der Waals surface area contributed by atoms with Crippen molar-refractivity contribution in [2.24, 2.45) is 11.7 Å². The number of hydrogen-bond donors (Lipinski definition) is 2. The summed E-state index contributed by atoms with van der Waals surface area (Å²) in [6.07, 6.45) is 0.327. The first-order chi connectivity index (χ1) is 10.1. The maximum Gasteiger partial charge on any atom is 0.228 e. The lowest BCUT2D eigenvalue weighted by Gasteiger charge is -2.25. The molecule has 0 aliphatic carbocycles. The van der Waals surface area contributed by atoms with Gasteiger partial charge in [-0.1, -0.05) is 30.3 Å². The Kier molecular flexibility index (Phi) is 4.92. The zero-order valence-electron chi connectivity index (χ0n) is 11.7. The van der Waals surface area contributed by atoms with Crippen LogP contribution in [0.2, 0.25) is 0 Å². The highest BCUT2D eigenvalue weighted by Crippen LogP contribution is 2.15. The molecule has 1 heterocycles. The van der Waals surface area contributed by atoms with E-state index in [0.717, 1.165) is 5.56 Å². The van der Waals surface area contributed by atoms with E-state index in [9.17, 15) is 14.4 Å². The van der Waals surface area contributed by atoms with E-state index in [1.54, 1.807) is 4.90 Å². The Morgan fingerprint density at radius 3 is 2.57 bits per heavy atom. The van der Waals surface area contributed by atoms with Crippen LogP contribution in [0.5, 0.6) is 0 Å². The second-order valence-corrected chi connectivity index (χ2v) is 5.17. The van der Waals surface area contributed by atoms with E-state index in [1.807, 2.05) is 30.3 Å². The molecule has 3 N–H and O–H groups in total. The standard InChI is InChI=1S/C15H19N3O3/c16-13(19)6-7-18(10-11-4-2-1-3-5-11)15(21)12-8-14(20)17-9-12/h1-5,12H,6-10H2,(H2,16,19)(H,17,20). The largest absolute Gasteiger partial charge is 0.370 e. The molecule has 3 amide bonds. The van der Waals surface area contributed by atoms with Gasteiger partial charge < -0.3 is 16.0 Å². The monoisotopic (exact) mass is 289 g/mol. The topological polar surface area (TPSA) is 92.5 Å². The summed E-state index contributed by atoms with van der Waals surface area (Å²) in [4.78, 5) is 36.3. The lowest BCUT2D eigenvalue weighted by atomic mass is 10.1. The normalized spacial score (nSPS) is 17.3. The average molecular weight is 289 g/mol. The summed E-state index contributed by atoms with van der Waals surface area (Å²) >= 11 is 0. The highest BCUT2D eigenvalue weighted by atomic mass is 16.2. The van der Waals surface area contributed by atoms with Gasteiger partial charge in [0.1, 0.15) is 0 Å². The Balaban J connectivity index is 2.05. The molecule has 0 bridgehead atoms. The van der Waals surface area contributed by atoms with Crippen molar-refractivity contribution in [2.45, 2.75) is 19.4 Å². The van der Waals surface area contributed by atoms with Gasteiger partial charge in [0.25, 0.3) is 0 Å². The van der Waals surface area contributed by atoms with E-state index in [4.69, 9.17) is 5.73 Å². The van der Waals surface area contributed by atoms with E-state index in [2.05, 4.69) is 5.32 Å². The zero-order chi connectivity index (χ0) is 15.2. The molecule has 0 aromatic heterocycles. The summed E-state index contributed by atoms with van der Waals surface area (Å²) in [5, 5.41) is 2.66. The number of nitrogens with two attached hydrogens (primary N) is 1. The highest BCUT2D eigenvalue weighted by Gasteiger charge is 2.31. The predicted molar refractivity (Wildman–Crippen MR) is 76.8 cm³/mol. The molecule has 1 aromatic rings. The first-order valence-electron chi connectivity index (χ1n) is 6.94. The van der Waals surface area contributed by atoms with Gasteiger partial charge >= 0.3 is 0 Å².